The fourth-order valence-electron chi connectivity index (χ4n) is 2.62. The molecule has 0 aromatic heterocycles. The predicted octanol–water partition coefficient (Wildman–Crippen LogP) is 4.80. The standard InChI is InChI=1S/C25H22N2O2/c1-19-12-15-22(16-13-19)26-25(29)23(18-21-10-6-3-7-11-21)27-24(28)17-14-20-8-4-2-5-9-20/h2-18H,1H3,(H,26,29)(H,27,28)/b17-14+,23-18-. The molecule has 3 rings (SSSR count). The van der Waals surface area contributed by atoms with Gasteiger partial charge in [-0.05, 0) is 42.3 Å². The van der Waals surface area contributed by atoms with Crippen LogP contribution in [0.2, 0.25) is 0 Å². The molecule has 3 aromatic rings. The van der Waals surface area contributed by atoms with Gasteiger partial charge in [0.1, 0.15) is 5.70 Å². The summed E-state index contributed by atoms with van der Waals surface area (Å²) in [6.45, 7) is 1.98. The minimum absolute atomic E-state index is 0.166. The van der Waals surface area contributed by atoms with Crippen LogP contribution in [0.1, 0.15) is 16.7 Å². The summed E-state index contributed by atoms with van der Waals surface area (Å²) in [6.07, 6.45) is 4.76. The third-order valence-electron chi connectivity index (χ3n) is 4.15. The van der Waals surface area contributed by atoms with E-state index in [1.807, 2.05) is 91.9 Å². The zero-order chi connectivity index (χ0) is 20.5. The minimum Gasteiger partial charge on any atom is -0.321 e. The fraction of sp³-hybridized carbons (Fsp3) is 0.0400. The molecule has 0 radical (unpaired) electrons. The van der Waals surface area contributed by atoms with E-state index < -0.39 is 0 Å². The first-order valence-electron chi connectivity index (χ1n) is 9.29. The lowest BCUT2D eigenvalue weighted by Gasteiger charge is -2.10. The Labute approximate surface area is 170 Å². The Hall–Kier alpha value is -3.92. The molecule has 29 heavy (non-hydrogen) atoms. The zero-order valence-corrected chi connectivity index (χ0v) is 16.1. The van der Waals surface area contributed by atoms with Gasteiger partial charge in [-0.2, -0.15) is 0 Å². The van der Waals surface area contributed by atoms with Gasteiger partial charge in [0.05, 0.1) is 0 Å². The van der Waals surface area contributed by atoms with Crippen molar-refractivity contribution in [2.45, 2.75) is 6.92 Å². The monoisotopic (exact) mass is 382 g/mol. The molecule has 0 bridgehead atoms. The predicted molar refractivity (Wildman–Crippen MR) is 118 cm³/mol. The van der Waals surface area contributed by atoms with Crippen LogP contribution in [0.5, 0.6) is 0 Å². The highest BCUT2D eigenvalue weighted by Gasteiger charge is 2.12. The Morgan fingerprint density at radius 3 is 1.97 bits per heavy atom. The fourth-order valence-corrected chi connectivity index (χ4v) is 2.62. The van der Waals surface area contributed by atoms with Gasteiger partial charge in [-0.15, -0.1) is 0 Å². The molecule has 0 heterocycles. The summed E-state index contributed by atoms with van der Waals surface area (Å²) >= 11 is 0. The van der Waals surface area contributed by atoms with Gasteiger partial charge in [-0.25, -0.2) is 0 Å². The Balaban J connectivity index is 1.78. The van der Waals surface area contributed by atoms with Gasteiger partial charge in [0.2, 0.25) is 5.91 Å². The number of hydrogen-bond acceptors (Lipinski definition) is 2. The maximum atomic E-state index is 12.8. The van der Waals surface area contributed by atoms with Crippen molar-refractivity contribution in [1.82, 2.24) is 5.32 Å². The molecule has 0 fully saturated rings. The van der Waals surface area contributed by atoms with E-state index in [-0.39, 0.29) is 17.5 Å². The van der Waals surface area contributed by atoms with E-state index in [4.69, 9.17) is 0 Å². The molecular formula is C25H22N2O2. The Morgan fingerprint density at radius 2 is 1.34 bits per heavy atom. The van der Waals surface area contributed by atoms with E-state index in [2.05, 4.69) is 10.6 Å². The molecule has 0 aliphatic carbocycles. The van der Waals surface area contributed by atoms with E-state index in [1.165, 1.54) is 6.08 Å². The summed E-state index contributed by atoms with van der Waals surface area (Å²) in [5.74, 6) is -0.769. The Bertz CT molecular complexity index is 1020. The number of aryl methyl sites for hydroxylation is 1. The molecule has 0 spiro atoms. The highest BCUT2D eigenvalue weighted by molar-refractivity contribution is 6.10. The van der Waals surface area contributed by atoms with Gasteiger partial charge >= 0.3 is 0 Å². The van der Waals surface area contributed by atoms with E-state index in [9.17, 15) is 9.59 Å². The smallest absolute Gasteiger partial charge is 0.272 e. The molecule has 0 aliphatic rings. The molecule has 0 saturated heterocycles. The SMILES string of the molecule is Cc1ccc(NC(=O)/C(=C/c2ccccc2)NC(=O)/C=C/c2ccccc2)cc1. The van der Waals surface area contributed by atoms with Crippen LogP contribution >= 0.6 is 0 Å². The lowest BCUT2D eigenvalue weighted by Crippen LogP contribution is -2.29. The Morgan fingerprint density at radius 1 is 0.759 bits per heavy atom. The van der Waals surface area contributed by atoms with Gasteiger partial charge < -0.3 is 10.6 Å². The van der Waals surface area contributed by atoms with Crippen LogP contribution < -0.4 is 10.6 Å². The number of amides is 2. The molecule has 0 aliphatic heterocycles. The number of benzene rings is 3. The molecule has 4 heteroatoms. The molecular weight excluding hydrogens is 360 g/mol. The van der Waals surface area contributed by atoms with E-state index in [1.54, 1.807) is 12.2 Å². The summed E-state index contributed by atoms with van der Waals surface area (Å²) in [4.78, 5) is 25.2. The average molecular weight is 382 g/mol. The van der Waals surface area contributed by atoms with Crippen LogP contribution in [-0.4, -0.2) is 11.8 Å². The third kappa shape index (κ3) is 6.33. The van der Waals surface area contributed by atoms with Crippen molar-refractivity contribution < 1.29 is 9.59 Å². The van der Waals surface area contributed by atoms with E-state index in [0.717, 1.165) is 16.7 Å². The first-order valence-corrected chi connectivity index (χ1v) is 9.29. The third-order valence-corrected chi connectivity index (χ3v) is 4.15. The van der Waals surface area contributed by atoms with Crippen molar-refractivity contribution >= 4 is 29.7 Å². The second kappa shape index (κ2) is 9.85. The van der Waals surface area contributed by atoms with Crippen molar-refractivity contribution in [2.75, 3.05) is 5.32 Å². The Kier molecular flexibility index (Phi) is 6.74. The number of rotatable bonds is 6. The minimum atomic E-state index is -0.390. The molecule has 0 atom stereocenters. The molecule has 144 valence electrons. The zero-order valence-electron chi connectivity index (χ0n) is 16.1. The van der Waals surface area contributed by atoms with Crippen molar-refractivity contribution in [3.63, 3.8) is 0 Å². The van der Waals surface area contributed by atoms with Gasteiger partial charge in [0.15, 0.2) is 0 Å². The molecule has 0 saturated carbocycles. The van der Waals surface area contributed by atoms with Gasteiger partial charge in [-0.1, -0.05) is 78.4 Å². The van der Waals surface area contributed by atoms with Crippen LogP contribution in [0, 0.1) is 6.92 Å². The molecule has 0 unspecified atom stereocenters. The molecule has 2 N–H and O–H groups in total. The maximum Gasteiger partial charge on any atom is 0.272 e. The highest BCUT2D eigenvalue weighted by atomic mass is 16.2. The quantitative estimate of drug-likeness (QED) is 0.602. The van der Waals surface area contributed by atoms with Crippen molar-refractivity contribution in [1.29, 1.82) is 0 Å². The van der Waals surface area contributed by atoms with Crippen LogP contribution in [-0.2, 0) is 9.59 Å². The lowest BCUT2D eigenvalue weighted by atomic mass is 10.1. The average Bonchev–Trinajstić information content (AvgIpc) is 2.75. The van der Waals surface area contributed by atoms with E-state index >= 15 is 0 Å². The number of carbonyl (C=O) groups is 2. The summed E-state index contributed by atoms with van der Waals surface area (Å²) in [5, 5.41) is 5.51. The highest BCUT2D eigenvalue weighted by Crippen LogP contribution is 2.12. The lowest BCUT2D eigenvalue weighted by molar-refractivity contribution is -0.118. The number of carbonyl (C=O) groups excluding carboxylic acids is 2. The molecule has 3 aromatic carbocycles. The summed E-state index contributed by atoms with van der Waals surface area (Å²) < 4.78 is 0. The van der Waals surface area contributed by atoms with Gasteiger partial charge in [0, 0.05) is 11.8 Å². The van der Waals surface area contributed by atoms with Gasteiger partial charge in [0.25, 0.3) is 5.91 Å². The van der Waals surface area contributed by atoms with Crippen molar-refractivity contribution in [3.05, 3.63) is 113 Å². The topological polar surface area (TPSA) is 58.2 Å². The van der Waals surface area contributed by atoms with Crippen molar-refractivity contribution in [3.8, 4) is 0 Å². The van der Waals surface area contributed by atoms with Crippen LogP contribution in [0.15, 0.2) is 96.7 Å². The first-order chi connectivity index (χ1) is 14.1. The van der Waals surface area contributed by atoms with Gasteiger partial charge in [-0.3, -0.25) is 9.59 Å². The van der Waals surface area contributed by atoms with Crippen LogP contribution in [0.25, 0.3) is 12.2 Å². The summed E-state index contributed by atoms with van der Waals surface area (Å²) in [7, 11) is 0. The largest absolute Gasteiger partial charge is 0.321 e. The first kappa shape index (κ1) is 19.8. The number of hydrogen-bond donors (Lipinski definition) is 2. The summed E-state index contributed by atoms with van der Waals surface area (Å²) in [6, 6.07) is 26.3. The second-order valence-electron chi connectivity index (χ2n) is 6.52. The number of nitrogens with one attached hydrogen (secondary N) is 2. The van der Waals surface area contributed by atoms with Crippen molar-refractivity contribution in [2.24, 2.45) is 0 Å². The second-order valence-corrected chi connectivity index (χ2v) is 6.52. The van der Waals surface area contributed by atoms with Crippen LogP contribution in [0.4, 0.5) is 5.69 Å². The number of anilines is 1. The van der Waals surface area contributed by atoms with E-state index in [0.29, 0.717) is 5.69 Å². The molecule has 4 nitrogen and oxygen atoms in total. The normalized spacial score (nSPS) is 11.3. The molecule has 2 amide bonds. The van der Waals surface area contributed by atoms with Crippen LogP contribution in [0.3, 0.4) is 0 Å². The summed E-state index contributed by atoms with van der Waals surface area (Å²) in [5.41, 5.74) is 3.64. The maximum absolute atomic E-state index is 12.8.